The number of benzene rings is 2. The van der Waals surface area contributed by atoms with Gasteiger partial charge in [0.15, 0.2) is 9.84 Å². The third-order valence-electron chi connectivity index (χ3n) is 3.71. The van der Waals surface area contributed by atoms with E-state index in [9.17, 15) is 8.42 Å². The van der Waals surface area contributed by atoms with Crippen LogP contribution in [0.25, 0.3) is 0 Å². The summed E-state index contributed by atoms with van der Waals surface area (Å²) in [7, 11) is -3.24. The zero-order chi connectivity index (χ0) is 16.9. The highest BCUT2D eigenvalue weighted by molar-refractivity contribution is 7.90. The van der Waals surface area contributed by atoms with E-state index in [1.165, 1.54) is 11.8 Å². The Morgan fingerprint density at radius 2 is 1.78 bits per heavy atom. The molecule has 0 fully saturated rings. The van der Waals surface area contributed by atoms with Crippen molar-refractivity contribution in [2.24, 2.45) is 0 Å². The molecule has 23 heavy (non-hydrogen) atoms. The maximum atomic E-state index is 11.8. The lowest BCUT2D eigenvalue weighted by Crippen LogP contribution is -2.24. The zero-order valence-corrected chi connectivity index (χ0v) is 14.3. The molecule has 1 unspecified atom stereocenters. The molecule has 0 radical (unpaired) electrons. The molecule has 0 heterocycles. The Labute approximate surface area is 138 Å². The van der Waals surface area contributed by atoms with Crippen LogP contribution >= 0.6 is 0 Å². The van der Waals surface area contributed by atoms with Gasteiger partial charge in [-0.25, -0.2) is 8.42 Å². The summed E-state index contributed by atoms with van der Waals surface area (Å²) in [4.78, 5) is 0.316. The lowest BCUT2D eigenvalue weighted by Gasteiger charge is -2.20. The Bertz CT molecular complexity index is 739. The third-order valence-corrected chi connectivity index (χ3v) is 4.82. The monoisotopic (exact) mass is 333 g/mol. The molecule has 2 N–H and O–H groups in total. The number of aliphatic hydroxyl groups excluding tert-OH is 1. The van der Waals surface area contributed by atoms with Crippen molar-refractivity contribution in [1.29, 1.82) is 0 Å². The molecule has 0 aromatic heterocycles. The van der Waals surface area contributed by atoms with Crippen LogP contribution in [0.15, 0.2) is 53.4 Å². The maximum Gasteiger partial charge on any atom is 0.175 e. The average molecular weight is 333 g/mol. The summed E-state index contributed by atoms with van der Waals surface area (Å²) < 4.78 is 23.6. The summed E-state index contributed by atoms with van der Waals surface area (Å²) >= 11 is 0. The molecular formula is C18H23NO3S. The minimum atomic E-state index is -3.24. The van der Waals surface area contributed by atoms with Gasteiger partial charge in [0.05, 0.1) is 10.9 Å². The van der Waals surface area contributed by atoms with Crippen LogP contribution in [0.4, 0.5) is 0 Å². The molecule has 2 rings (SSSR count). The molecule has 0 aliphatic rings. The van der Waals surface area contributed by atoms with Gasteiger partial charge < -0.3 is 10.4 Å². The molecule has 0 saturated heterocycles. The van der Waals surface area contributed by atoms with Gasteiger partial charge in [-0.05, 0) is 43.1 Å². The number of aryl methyl sites for hydroxylation is 1. The van der Waals surface area contributed by atoms with Gasteiger partial charge >= 0.3 is 0 Å². The first-order valence-corrected chi connectivity index (χ1v) is 9.52. The number of rotatable bonds is 7. The normalized spacial score (nSPS) is 13.0. The summed E-state index contributed by atoms with van der Waals surface area (Å²) in [6.45, 7) is 2.80. The van der Waals surface area contributed by atoms with E-state index in [4.69, 9.17) is 5.11 Å². The van der Waals surface area contributed by atoms with Crippen molar-refractivity contribution in [3.63, 3.8) is 0 Å². The largest absolute Gasteiger partial charge is 0.396 e. The number of hydrogen-bond donors (Lipinski definition) is 2. The van der Waals surface area contributed by atoms with Crippen molar-refractivity contribution in [1.82, 2.24) is 5.32 Å². The average Bonchev–Trinajstić information content (AvgIpc) is 2.52. The van der Waals surface area contributed by atoms with Crippen LogP contribution in [0, 0.1) is 6.92 Å². The fraction of sp³-hybridized carbons (Fsp3) is 0.333. The van der Waals surface area contributed by atoms with E-state index >= 15 is 0 Å². The van der Waals surface area contributed by atoms with Gasteiger partial charge in [-0.3, -0.25) is 0 Å². The molecule has 124 valence electrons. The highest BCUT2D eigenvalue weighted by Crippen LogP contribution is 2.24. The second kappa shape index (κ2) is 7.73. The van der Waals surface area contributed by atoms with Gasteiger partial charge in [0.25, 0.3) is 0 Å². The first-order chi connectivity index (χ1) is 10.9. The molecule has 0 amide bonds. The minimum Gasteiger partial charge on any atom is -0.396 e. The van der Waals surface area contributed by atoms with Gasteiger partial charge in [-0.15, -0.1) is 0 Å². The van der Waals surface area contributed by atoms with E-state index in [-0.39, 0.29) is 12.6 Å². The molecule has 2 aromatic rings. The third kappa shape index (κ3) is 4.89. The second-order valence-corrected chi connectivity index (χ2v) is 7.74. The fourth-order valence-electron chi connectivity index (χ4n) is 2.44. The lowest BCUT2D eigenvalue weighted by molar-refractivity contribution is 0.284. The fourth-order valence-corrected chi connectivity index (χ4v) is 3.11. The van der Waals surface area contributed by atoms with Crippen LogP contribution in [0.3, 0.4) is 0 Å². The van der Waals surface area contributed by atoms with E-state index < -0.39 is 9.84 Å². The van der Waals surface area contributed by atoms with Crippen LogP contribution in [-0.4, -0.2) is 32.9 Å². The first-order valence-electron chi connectivity index (χ1n) is 7.62. The molecule has 1 atom stereocenters. The number of aliphatic hydroxyl groups is 1. The lowest BCUT2D eigenvalue weighted by atomic mass is 9.97. The van der Waals surface area contributed by atoms with Crippen LogP contribution in [0.5, 0.6) is 0 Å². The van der Waals surface area contributed by atoms with Gasteiger partial charge in [0, 0.05) is 12.9 Å². The summed E-state index contributed by atoms with van der Waals surface area (Å²) in [5, 5.41) is 12.4. The Balaban J connectivity index is 2.38. The van der Waals surface area contributed by atoms with E-state index in [2.05, 4.69) is 5.32 Å². The first kappa shape index (κ1) is 17.7. The molecule has 5 heteroatoms. The molecule has 0 spiro atoms. The Kier molecular flexibility index (Phi) is 5.93. The second-order valence-electron chi connectivity index (χ2n) is 5.72. The predicted octanol–water partition coefficient (Wildman–Crippen LogP) is 2.46. The Morgan fingerprint density at radius 3 is 2.39 bits per heavy atom. The highest BCUT2D eigenvalue weighted by atomic mass is 32.2. The summed E-state index contributed by atoms with van der Waals surface area (Å²) in [6.07, 6.45) is 1.86. The maximum absolute atomic E-state index is 11.8. The van der Waals surface area contributed by atoms with E-state index in [1.54, 1.807) is 18.2 Å². The SMILES string of the molecule is Cc1ccc(C(NCCCO)c2cccc(S(C)(=O)=O)c2)cc1. The van der Waals surface area contributed by atoms with Crippen molar-refractivity contribution >= 4 is 9.84 Å². The van der Waals surface area contributed by atoms with Crippen molar-refractivity contribution in [2.45, 2.75) is 24.3 Å². The summed E-state index contributed by atoms with van der Waals surface area (Å²) in [5.74, 6) is 0. The van der Waals surface area contributed by atoms with Crippen LogP contribution in [0.1, 0.15) is 29.2 Å². The minimum absolute atomic E-state index is 0.108. The van der Waals surface area contributed by atoms with Crippen molar-refractivity contribution < 1.29 is 13.5 Å². The predicted molar refractivity (Wildman–Crippen MR) is 92.3 cm³/mol. The van der Waals surface area contributed by atoms with Crippen molar-refractivity contribution in [2.75, 3.05) is 19.4 Å². The highest BCUT2D eigenvalue weighted by Gasteiger charge is 2.16. The smallest absolute Gasteiger partial charge is 0.175 e. The molecular weight excluding hydrogens is 310 g/mol. The van der Waals surface area contributed by atoms with Crippen LogP contribution < -0.4 is 5.32 Å². The number of sulfone groups is 1. The van der Waals surface area contributed by atoms with Crippen LogP contribution in [-0.2, 0) is 9.84 Å². The Morgan fingerprint density at radius 1 is 1.09 bits per heavy atom. The van der Waals surface area contributed by atoms with Gasteiger partial charge in [-0.2, -0.15) is 0 Å². The molecule has 0 aliphatic carbocycles. The van der Waals surface area contributed by atoms with Gasteiger partial charge in [0.2, 0.25) is 0 Å². The van der Waals surface area contributed by atoms with Gasteiger partial charge in [0.1, 0.15) is 0 Å². The van der Waals surface area contributed by atoms with E-state index in [0.29, 0.717) is 17.9 Å². The van der Waals surface area contributed by atoms with Crippen molar-refractivity contribution in [3.05, 3.63) is 65.2 Å². The molecule has 2 aromatic carbocycles. The number of hydrogen-bond acceptors (Lipinski definition) is 4. The van der Waals surface area contributed by atoms with E-state index in [0.717, 1.165) is 11.1 Å². The molecule has 4 nitrogen and oxygen atoms in total. The number of nitrogens with one attached hydrogen (secondary N) is 1. The topological polar surface area (TPSA) is 66.4 Å². The van der Waals surface area contributed by atoms with Crippen LogP contribution in [0.2, 0.25) is 0 Å². The summed E-state index contributed by atoms with van der Waals surface area (Å²) in [5.41, 5.74) is 3.14. The quantitative estimate of drug-likeness (QED) is 0.764. The molecule has 0 saturated carbocycles. The summed E-state index contributed by atoms with van der Waals surface area (Å²) in [6, 6.07) is 15.1. The van der Waals surface area contributed by atoms with Crippen molar-refractivity contribution in [3.8, 4) is 0 Å². The zero-order valence-electron chi connectivity index (χ0n) is 13.5. The van der Waals surface area contributed by atoms with E-state index in [1.807, 2.05) is 37.3 Å². The molecule has 0 aliphatic heterocycles. The van der Waals surface area contributed by atoms with Gasteiger partial charge in [-0.1, -0.05) is 42.0 Å². The Hall–Kier alpha value is -1.69. The standard InChI is InChI=1S/C18H23NO3S/c1-14-7-9-15(10-8-14)18(19-11-4-12-20)16-5-3-6-17(13-16)23(2,21)22/h3,5-10,13,18-20H,4,11-12H2,1-2H3. The molecule has 0 bridgehead atoms.